The lowest BCUT2D eigenvalue weighted by Crippen LogP contribution is -2.52. The van der Waals surface area contributed by atoms with Crippen molar-refractivity contribution in [1.29, 1.82) is 0 Å². The number of likely N-dealkylation sites (tertiary alicyclic amines) is 1. The fourth-order valence-corrected chi connectivity index (χ4v) is 1.99. The second kappa shape index (κ2) is 7.17. The van der Waals surface area contributed by atoms with Gasteiger partial charge >= 0.3 is 12.0 Å². The van der Waals surface area contributed by atoms with Gasteiger partial charge in [-0.2, -0.15) is 0 Å². The second-order valence-electron chi connectivity index (χ2n) is 4.44. The summed E-state index contributed by atoms with van der Waals surface area (Å²) in [6.45, 7) is 1.40. The van der Waals surface area contributed by atoms with Gasteiger partial charge in [-0.15, -0.1) is 0 Å². The Labute approximate surface area is 106 Å². The maximum atomic E-state index is 12.2. The topological polar surface area (TPSA) is 96.1 Å². The number of hydrogen-bond acceptors (Lipinski definition) is 4. The monoisotopic (exact) mass is 259 g/mol. The lowest BCUT2D eigenvalue weighted by Gasteiger charge is -2.34. The summed E-state index contributed by atoms with van der Waals surface area (Å²) >= 11 is 0. The molecule has 1 saturated heterocycles. The van der Waals surface area contributed by atoms with E-state index in [4.69, 9.17) is 15.6 Å². The molecule has 0 aromatic carbocycles. The highest BCUT2D eigenvalue weighted by atomic mass is 16.5. The van der Waals surface area contributed by atoms with Crippen molar-refractivity contribution in [3.05, 3.63) is 0 Å². The Hall–Kier alpha value is -1.34. The van der Waals surface area contributed by atoms with Crippen LogP contribution in [-0.2, 0) is 9.53 Å². The number of carboxylic acids is 1. The number of hydrogen-bond donors (Lipinski definition) is 2. The summed E-state index contributed by atoms with van der Waals surface area (Å²) in [4.78, 5) is 25.8. The Balaban J connectivity index is 2.58. The van der Waals surface area contributed by atoms with Crippen LogP contribution in [0.1, 0.15) is 12.8 Å². The van der Waals surface area contributed by atoms with E-state index in [1.165, 1.54) is 12.0 Å². The molecule has 0 aromatic rings. The van der Waals surface area contributed by atoms with Gasteiger partial charge in [0.1, 0.15) is 6.54 Å². The number of rotatable bonds is 5. The molecule has 0 radical (unpaired) electrons. The third kappa shape index (κ3) is 4.50. The predicted octanol–water partition coefficient (Wildman–Crippen LogP) is -0.437. The first-order valence-corrected chi connectivity index (χ1v) is 6.04. The van der Waals surface area contributed by atoms with E-state index < -0.39 is 5.97 Å². The SMILES string of the molecule is COCCN(CC(=O)O)C(=O)N1CCCC(N)C1. The maximum absolute atomic E-state index is 12.2. The molecule has 1 atom stereocenters. The number of amides is 2. The Morgan fingerprint density at radius 1 is 1.56 bits per heavy atom. The fourth-order valence-electron chi connectivity index (χ4n) is 1.99. The van der Waals surface area contributed by atoms with Gasteiger partial charge in [-0.05, 0) is 12.8 Å². The highest BCUT2D eigenvalue weighted by molar-refractivity contribution is 5.80. The molecular weight excluding hydrogens is 238 g/mol. The smallest absolute Gasteiger partial charge is 0.323 e. The predicted molar refractivity (Wildman–Crippen MR) is 65.3 cm³/mol. The number of nitrogens with two attached hydrogens (primary N) is 1. The van der Waals surface area contributed by atoms with E-state index in [2.05, 4.69) is 0 Å². The van der Waals surface area contributed by atoms with Crippen molar-refractivity contribution in [3.8, 4) is 0 Å². The largest absolute Gasteiger partial charge is 0.480 e. The molecule has 3 N–H and O–H groups in total. The summed E-state index contributed by atoms with van der Waals surface area (Å²) in [5, 5.41) is 8.80. The van der Waals surface area contributed by atoms with Crippen LogP contribution in [0.3, 0.4) is 0 Å². The molecule has 2 amide bonds. The van der Waals surface area contributed by atoms with Crippen LogP contribution in [0.15, 0.2) is 0 Å². The van der Waals surface area contributed by atoms with Crippen LogP contribution in [0.5, 0.6) is 0 Å². The van der Waals surface area contributed by atoms with Gasteiger partial charge in [-0.3, -0.25) is 4.79 Å². The van der Waals surface area contributed by atoms with Gasteiger partial charge in [0.25, 0.3) is 0 Å². The minimum absolute atomic E-state index is 0.0168. The first-order valence-electron chi connectivity index (χ1n) is 6.04. The van der Waals surface area contributed by atoms with Crippen LogP contribution in [0.2, 0.25) is 0 Å². The first kappa shape index (κ1) is 14.7. The van der Waals surface area contributed by atoms with Gasteiger partial charge in [0.2, 0.25) is 0 Å². The summed E-state index contributed by atoms with van der Waals surface area (Å²) in [7, 11) is 1.51. The van der Waals surface area contributed by atoms with Crippen LogP contribution in [0, 0.1) is 0 Å². The quantitative estimate of drug-likeness (QED) is 0.698. The maximum Gasteiger partial charge on any atom is 0.323 e. The average Bonchev–Trinajstić information content (AvgIpc) is 2.33. The molecule has 0 aromatic heterocycles. The van der Waals surface area contributed by atoms with Crippen LogP contribution < -0.4 is 5.73 Å². The van der Waals surface area contributed by atoms with E-state index >= 15 is 0 Å². The Bertz CT molecular complexity index is 298. The van der Waals surface area contributed by atoms with Gasteiger partial charge in [-0.1, -0.05) is 0 Å². The average molecular weight is 259 g/mol. The zero-order valence-corrected chi connectivity index (χ0v) is 10.7. The van der Waals surface area contributed by atoms with Crippen molar-refractivity contribution in [2.24, 2.45) is 5.73 Å². The van der Waals surface area contributed by atoms with E-state index in [0.29, 0.717) is 19.7 Å². The number of ether oxygens (including phenoxy) is 1. The van der Waals surface area contributed by atoms with E-state index in [1.807, 2.05) is 0 Å². The number of aliphatic carboxylic acids is 1. The molecule has 1 aliphatic heterocycles. The molecule has 0 bridgehead atoms. The van der Waals surface area contributed by atoms with E-state index in [1.54, 1.807) is 4.90 Å². The van der Waals surface area contributed by atoms with E-state index in [9.17, 15) is 9.59 Å². The van der Waals surface area contributed by atoms with Crippen molar-refractivity contribution in [1.82, 2.24) is 9.80 Å². The number of nitrogens with zero attached hydrogens (tertiary/aromatic N) is 2. The second-order valence-corrected chi connectivity index (χ2v) is 4.44. The summed E-state index contributed by atoms with van der Waals surface area (Å²) in [5.41, 5.74) is 5.81. The van der Waals surface area contributed by atoms with Crippen molar-refractivity contribution in [2.45, 2.75) is 18.9 Å². The summed E-state index contributed by atoms with van der Waals surface area (Å²) in [6.07, 6.45) is 1.76. The minimum Gasteiger partial charge on any atom is -0.480 e. The highest BCUT2D eigenvalue weighted by Gasteiger charge is 2.26. The van der Waals surface area contributed by atoms with Gasteiger partial charge in [-0.25, -0.2) is 4.79 Å². The van der Waals surface area contributed by atoms with E-state index in [-0.39, 0.29) is 25.2 Å². The molecule has 1 rings (SSSR count). The Kier molecular flexibility index (Phi) is 5.87. The Morgan fingerprint density at radius 3 is 2.83 bits per heavy atom. The fraction of sp³-hybridized carbons (Fsp3) is 0.818. The van der Waals surface area contributed by atoms with Crippen LogP contribution >= 0.6 is 0 Å². The molecule has 7 heteroatoms. The molecule has 104 valence electrons. The van der Waals surface area contributed by atoms with E-state index in [0.717, 1.165) is 12.8 Å². The Morgan fingerprint density at radius 2 is 2.28 bits per heavy atom. The third-order valence-electron chi connectivity index (χ3n) is 2.89. The molecule has 1 unspecified atom stereocenters. The number of methoxy groups -OCH3 is 1. The number of carbonyl (C=O) groups is 2. The highest BCUT2D eigenvalue weighted by Crippen LogP contribution is 2.10. The number of carboxylic acid groups (broad SMARTS) is 1. The van der Waals surface area contributed by atoms with Crippen LogP contribution in [0.25, 0.3) is 0 Å². The van der Waals surface area contributed by atoms with Gasteiger partial charge in [0.15, 0.2) is 0 Å². The van der Waals surface area contributed by atoms with Gasteiger partial charge in [0, 0.05) is 32.8 Å². The number of piperidine rings is 1. The molecular formula is C11H21N3O4. The van der Waals surface area contributed by atoms with Crippen LogP contribution in [0.4, 0.5) is 4.79 Å². The summed E-state index contributed by atoms with van der Waals surface area (Å²) < 4.78 is 4.88. The van der Waals surface area contributed by atoms with Crippen LogP contribution in [-0.4, -0.2) is 72.8 Å². The third-order valence-corrected chi connectivity index (χ3v) is 2.89. The van der Waals surface area contributed by atoms with Crippen molar-refractivity contribution in [2.75, 3.05) is 39.9 Å². The lowest BCUT2D eigenvalue weighted by molar-refractivity contribution is -0.137. The zero-order chi connectivity index (χ0) is 13.5. The number of carbonyl (C=O) groups excluding carboxylic acids is 1. The number of urea groups is 1. The van der Waals surface area contributed by atoms with Crippen molar-refractivity contribution >= 4 is 12.0 Å². The lowest BCUT2D eigenvalue weighted by atomic mass is 10.1. The molecule has 0 aliphatic carbocycles. The molecule has 1 heterocycles. The molecule has 0 saturated carbocycles. The molecule has 18 heavy (non-hydrogen) atoms. The standard InChI is InChI=1S/C11H21N3O4/c1-18-6-5-14(8-10(15)16)11(17)13-4-2-3-9(12)7-13/h9H,2-8,12H2,1H3,(H,15,16). The summed E-state index contributed by atoms with van der Waals surface area (Å²) in [6, 6.07) is -0.290. The first-order chi connectivity index (χ1) is 8.54. The zero-order valence-electron chi connectivity index (χ0n) is 10.7. The van der Waals surface area contributed by atoms with Crippen molar-refractivity contribution < 1.29 is 19.4 Å². The van der Waals surface area contributed by atoms with Gasteiger partial charge < -0.3 is 25.4 Å². The van der Waals surface area contributed by atoms with Crippen molar-refractivity contribution in [3.63, 3.8) is 0 Å². The molecule has 1 fully saturated rings. The van der Waals surface area contributed by atoms with Gasteiger partial charge in [0.05, 0.1) is 6.61 Å². The normalized spacial score (nSPS) is 19.7. The molecule has 1 aliphatic rings. The molecule has 7 nitrogen and oxygen atoms in total. The minimum atomic E-state index is -1.03. The summed E-state index contributed by atoms with van der Waals surface area (Å²) in [5.74, 6) is -1.03. The molecule has 0 spiro atoms.